The standard InChI is InChI=1S/C23H32N2O3S2/c1-4-18-5-7-21(8-6-18)30(26,27)25-14-9-19-15-23(29-22(19)16-25)28-20-10-12-24(13-11-20)17(2)3/h5-8,15,17,20H,4,9-14,16H2,1-3H3. The molecule has 0 aliphatic carbocycles. The number of hydrogen-bond donors (Lipinski definition) is 0. The van der Waals surface area contributed by atoms with Gasteiger partial charge in [-0.15, -0.1) is 11.3 Å². The molecule has 5 nitrogen and oxygen atoms in total. The highest BCUT2D eigenvalue weighted by Crippen LogP contribution is 2.36. The predicted octanol–water partition coefficient (Wildman–Crippen LogP) is 4.31. The highest BCUT2D eigenvalue weighted by molar-refractivity contribution is 7.89. The Morgan fingerprint density at radius 3 is 2.47 bits per heavy atom. The maximum Gasteiger partial charge on any atom is 0.243 e. The maximum absolute atomic E-state index is 13.1. The summed E-state index contributed by atoms with van der Waals surface area (Å²) < 4.78 is 34.1. The predicted molar refractivity (Wildman–Crippen MR) is 122 cm³/mol. The van der Waals surface area contributed by atoms with Crippen LogP contribution >= 0.6 is 11.3 Å². The van der Waals surface area contributed by atoms with Crippen LogP contribution in [0, 0.1) is 0 Å². The second-order valence-electron chi connectivity index (χ2n) is 8.55. The molecule has 1 aromatic heterocycles. The Morgan fingerprint density at radius 2 is 1.83 bits per heavy atom. The highest BCUT2D eigenvalue weighted by atomic mass is 32.2. The Hall–Kier alpha value is -1.41. The van der Waals surface area contributed by atoms with Crippen molar-refractivity contribution in [2.45, 2.75) is 70.0 Å². The molecule has 7 heteroatoms. The number of aryl methyl sites for hydroxylation is 1. The van der Waals surface area contributed by atoms with Gasteiger partial charge >= 0.3 is 0 Å². The van der Waals surface area contributed by atoms with Crippen molar-refractivity contribution < 1.29 is 13.2 Å². The van der Waals surface area contributed by atoms with E-state index in [4.69, 9.17) is 4.74 Å². The van der Waals surface area contributed by atoms with Crippen LogP contribution in [0.2, 0.25) is 0 Å². The van der Waals surface area contributed by atoms with Crippen molar-refractivity contribution in [1.29, 1.82) is 0 Å². The molecule has 0 radical (unpaired) electrons. The fourth-order valence-electron chi connectivity index (χ4n) is 4.25. The summed E-state index contributed by atoms with van der Waals surface area (Å²) in [4.78, 5) is 3.99. The largest absolute Gasteiger partial charge is 0.481 e. The molecule has 1 saturated heterocycles. The van der Waals surface area contributed by atoms with Crippen molar-refractivity contribution >= 4 is 21.4 Å². The summed E-state index contributed by atoms with van der Waals surface area (Å²) in [7, 11) is -3.47. The smallest absolute Gasteiger partial charge is 0.243 e. The number of benzene rings is 1. The lowest BCUT2D eigenvalue weighted by molar-refractivity contribution is 0.0868. The van der Waals surface area contributed by atoms with E-state index in [0.717, 1.165) is 54.3 Å². The zero-order valence-electron chi connectivity index (χ0n) is 18.1. The Bertz CT molecular complexity index is 959. The molecule has 0 N–H and O–H groups in total. The van der Waals surface area contributed by atoms with Crippen LogP contribution < -0.4 is 4.74 Å². The zero-order valence-corrected chi connectivity index (χ0v) is 19.8. The van der Waals surface area contributed by atoms with Crippen LogP contribution in [0.5, 0.6) is 5.06 Å². The molecule has 2 aliphatic rings. The molecule has 1 aromatic carbocycles. The van der Waals surface area contributed by atoms with Crippen LogP contribution in [0.1, 0.15) is 49.6 Å². The molecule has 0 atom stereocenters. The summed E-state index contributed by atoms with van der Waals surface area (Å²) >= 11 is 1.62. The number of piperidine rings is 1. The molecule has 2 aliphatic heterocycles. The fourth-order valence-corrected chi connectivity index (χ4v) is 6.88. The van der Waals surface area contributed by atoms with E-state index in [1.54, 1.807) is 27.8 Å². The molecular weight excluding hydrogens is 416 g/mol. The van der Waals surface area contributed by atoms with Crippen molar-refractivity contribution in [3.8, 4) is 5.06 Å². The molecule has 2 aromatic rings. The summed E-state index contributed by atoms with van der Waals surface area (Å²) in [5.74, 6) is 0. The van der Waals surface area contributed by atoms with E-state index in [1.165, 1.54) is 5.56 Å². The number of ether oxygens (including phenoxy) is 1. The minimum Gasteiger partial charge on any atom is -0.481 e. The van der Waals surface area contributed by atoms with Crippen LogP contribution in [0.4, 0.5) is 0 Å². The van der Waals surface area contributed by atoms with Crippen LogP contribution in [0.3, 0.4) is 0 Å². The van der Waals surface area contributed by atoms with Crippen LogP contribution in [0.15, 0.2) is 35.2 Å². The normalized spacial score (nSPS) is 19.2. The number of likely N-dealkylation sites (tertiary alicyclic amines) is 1. The SMILES string of the molecule is CCc1ccc(S(=O)(=O)N2CCc3cc(OC4CCN(C(C)C)CC4)sc3C2)cc1. The monoisotopic (exact) mass is 448 g/mol. The van der Waals surface area contributed by atoms with E-state index in [9.17, 15) is 8.42 Å². The van der Waals surface area contributed by atoms with E-state index < -0.39 is 10.0 Å². The lowest BCUT2D eigenvalue weighted by Gasteiger charge is -2.34. The first-order valence-electron chi connectivity index (χ1n) is 11.0. The van der Waals surface area contributed by atoms with Gasteiger partial charge in [-0.3, -0.25) is 0 Å². The van der Waals surface area contributed by atoms with E-state index in [0.29, 0.717) is 24.0 Å². The number of rotatable bonds is 6. The third-order valence-corrected chi connectivity index (χ3v) is 9.20. The van der Waals surface area contributed by atoms with Crippen molar-refractivity contribution in [2.24, 2.45) is 0 Å². The van der Waals surface area contributed by atoms with Crippen LogP contribution in [0.25, 0.3) is 0 Å². The number of fused-ring (bicyclic) bond motifs is 1. The van der Waals surface area contributed by atoms with E-state index in [-0.39, 0.29) is 6.10 Å². The van der Waals surface area contributed by atoms with Crippen molar-refractivity contribution in [2.75, 3.05) is 19.6 Å². The number of thiophene rings is 1. The molecule has 0 bridgehead atoms. The first-order chi connectivity index (χ1) is 14.4. The van der Waals surface area contributed by atoms with Gasteiger partial charge in [-0.1, -0.05) is 19.1 Å². The topological polar surface area (TPSA) is 49.9 Å². The second-order valence-corrected chi connectivity index (χ2v) is 11.6. The summed E-state index contributed by atoms with van der Waals surface area (Å²) in [5, 5.41) is 0.939. The average molecular weight is 449 g/mol. The summed E-state index contributed by atoms with van der Waals surface area (Å²) in [6.45, 7) is 9.67. The average Bonchev–Trinajstić information content (AvgIpc) is 3.15. The van der Waals surface area contributed by atoms with Gasteiger partial charge in [0, 0.05) is 37.1 Å². The number of sulfonamides is 1. The van der Waals surface area contributed by atoms with E-state index >= 15 is 0 Å². The zero-order chi connectivity index (χ0) is 21.3. The Balaban J connectivity index is 1.41. The van der Waals surface area contributed by atoms with Crippen LogP contribution in [-0.2, 0) is 29.4 Å². The van der Waals surface area contributed by atoms with Gasteiger partial charge in [0.2, 0.25) is 10.0 Å². The van der Waals surface area contributed by atoms with Gasteiger partial charge in [0.05, 0.1) is 4.90 Å². The molecule has 1 fully saturated rings. The summed E-state index contributed by atoms with van der Waals surface area (Å²) in [6.07, 6.45) is 4.01. The fraction of sp³-hybridized carbons (Fsp3) is 0.565. The Kier molecular flexibility index (Phi) is 6.53. The van der Waals surface area contributed by atoms with Gasteiger partial charge in [0.15, 0.2) is 5.06 Å². The van der Waals surface area contributed by atoms with Gasteiger partial charge in [0.1, 0.15) is 6.10 Å². The van der Waals surface area contributed by atoms with Crippen molar-refractivity contribution in [3.63, 3.8) is 0 Å². The first-order valence-corrected chi connectivity index (χ1v) is 13.2. The van der Waals surface area contributed by atoms with Gasteiger partial charge < -0.3 is 9.64 Å². The lowest BCUT2D eigenvalue weighted by Crippen LogP contribution is -2.41. The van der Waals surface area contributed by atoms with E-state index in [1.807, 2.05) is 12.1 Å². The van der Waals surface area contributed by atoms with Gasteiger partial charge in [0.25, 0.3) is 0 Å². The summed E-state index contributed by atoms with van der Waals surface area (Å²) in [5.41, 5.74) is 2.39. The minimum atomic E-state index is -3.47. The van der Waals surface area contributed by atoms with Crippen LogP contribution in [-0.4, -0.2) is 49.4 Å². The van der Waals surface area contributed by atoms with Crippen molar-refractivity contribution in [1.82, 2.24) is 9.21 Å². The quantitative estimate of drug-likeness (QED) is 0.661. The third-order valence-electron chi connectivity index (χ3n) is 6.28. The molecule has 30 heavy (non-hydrogen) atoms. The lowest BCUT2D eigenvalue weighted by atomic mass is 10.1. The molecule has 4 rings (SSSR count). The van der Waals surface area contributed by atoms with Gasteiger partial charge in [-0.05, 0) is 68.9 Å². The molecule has 0 saturated carbocycles. The molecular formula is C23H32N2O3S2. The first kappa shape index (κ1) is 21.8. The van der Waals surface area contributed by atoms with Gasteiger partial charge in [-0.2, -0.15) is 4.31 Å². The molecule has 3 heterocycles. The Morgan fingerprint density at radius 1 is 1.13 bits per heavy atom. The van der Waals surface area contributed by atoms with Crippen molar-refractivity contribution in [3.05, 3.63) is 46.3 Å². The minimum absolute atomic E-state index is 0.261. The highest BCUT2D eigenvalue weighted by Gasteiger charge is 2.30. The maximum atomic E-state index is 13.1. The molecule has 0 spiro atoms. The molecule has 164 valence electrons. The van der Waals surface area contributed by atoms with Gasteiger partial charge in [-0.25, -0.2) is 8.42 Å². The van der Waals surface area contributed by atoms with E-state index in [2.05, 4.69) is 31.7 Å². The number of hydrogen-bond acceptors (Lipinski definition) is 5. The summed E-state index contributed by atoms with van der Waals surface area (Å²) in [6, 6.07) is 10.0. The second kappa shape index (κ2) is 8.99. The molecule has 0 unspecified atom stereocenters. The molecule has 0 amide bonds. The third kappa shape index (κ3) is 4.59. The Labute approximate surface area is 184 Å². The number of nitrogens with zero attached hydrogens (tertiary/aromatic N) is 2.